The molecule has 1 aliphatic rings. The molecule has 3 rings (SSSR count). The summed E-state index contributed by atoms with van der Waals surface area (Å²) < 4.78 is 12.9. The lowest BCUT2D eigenvalue weighted by molar-refractivity contribution is -0.122. The molecular formula is C18H15ClFN3O2S. The number of nitrogens with one attached hydrogen (secondary N) is 2. The Morgan fingerprint density at radius 1 is 1.31 bits per heavy atom. The maximum Gasteiger partial charge on any atom is 0.240 e. The fourth-order valence-corrected chi connectivity index (χ4v) is 3.50. The van der Waals surface area contributed by atoms with Gasteiger partial charge in [0, 0.05) is 17.1 Å². The molecule has 1 heterocycles. The van der Waals surface area contributed by atoms with E-state index in [1.807, 2.05) is 6.92 Å². The second kappa shape index (κ2) is 7.88. The average molecular weight is 392 g/mol. The van der Waals surface area contributed by atoms with E-state index in [4.69, 9.17) is 11.6 Å². The van der Waals surface area contributed by atoms with Gasteiger partial charge in [-0.05, 0) is 48.9 Å². The van der Waals surface area contributed by atoms with Crippen molar-refractivity contribution < 1.29 is 14.0 Å². The fraction of sp³-hybridized carbons (Fsp3) is 0.167. The molecule has 2 aromatic rings. The molecule has 2 amide bonds. The maximum absolute atomic E-state index is 12.9. The summed E-state index contributed by atoms with van der Waals surface area (Å²) >= 11 is 7.21. The highest BCUT2D eigenvalue weighted by atomic mass is 35.5. The largest absolute Gasteiger partial charge is 0.326 e. The van der Waals surface area contributed by atoms with Crippen LogP contribution in [0.1, 0.15) is 12.0 Å². The number of hydrogen-bond acceptors (Lipinski definition) is 4. The van der Waals surface area contributed by atoms with E-state index in [0.29, 0.717) is 21.6 Å². The van der Waals surface area contributed by atoms with Crippen LogP contribution in [0.2, 0.25) is 5.02 Å². The number of rotatable bonds is 4. The molecule has 5 nitrogen and oxygen atoms in total. The Bertz CT molecular complexity index is 887. The van der Waals surface area contributed by atoms with Gasteiger partial charge in [0.1, 0.15) is 11.1 Å². The van der Waals surface area contributed by atoms with Gasteiger partial charge >= 0.3 is 0 Å². The molecule has 1 aliphatic heterocycles. The molecule has 1 saturated heterocycles. The van der Waals surface area contributed by atoms with Crippen molar-refractivity contribution in [3.05, 3.63) is 58.9 Å². The Morgan fingerprint density at radius 2 is 2.04 bits per heavy atom. The molecule has 2 aromatic carbocycles. The first-order valence-electron chi connectivity index (χ1n) is 7.79. The number of halogens is 2. The third kappa shape index (κ3) is 4.42. The molecule has 1 fully saturated rings. The molecule has 0 saturated carbocycles. The lowest BCUT2D eigenvalue weighted by Gasteiger charge is -2.10. The van der Waals surface area contributed by atoms with Gasteiger partial charge in [0.25, 0.3) is 0 Å². The highest BCUT2D eigenvalue weighted by Gasteiger charge is 2.32. The van der Waals surface area contributed by atoms with Crippen molar-refractivity contribution in [1.82, 2.24) is 5.32 Å². The van der Waals surface area contributed by atoms with E-state index in [9.17, 15) is 14.0 Å². The summed E-state index contributed by atoms with van der Waals surface area (Å²) in [6.45, 7) is 1.81. The van der Waals surface area contributed by atoms with Crippen LogP contribution >= 0.6 is 23.4 Å². The van der Waals surface area contributed by atoms with E-state index in [2.05, 4.69) is 15.6 Å². The molecule has 8 heteroatoms. The number of aliphatic imine (C=N–C) groups is 1. The molecule has 26 heavy (non-hydrogen) atoms. The number of amides is 2. The molecule has 0 unspecified atom stereocenters. The third-order valence-corrected chi connectivity index (χ3v) is 5.24. The zero-order valence-electron chi connectivity index (χ0n) is 13.8. The lowest BCUT2D eigenvalue weighted by atomic mass is 10.2. The monoisotopic (exact) mass is 391 g/mol. The van der Waals surface area contributed by atoms with Crippen LogP contribution in [-0.4, -0.2) is 22.2 Å². The molecule has 0 aromatic heterocycles. The van der Waals surface area contributed by atoms with Crippen LogP contribution in [-0.2, 0) is 9.59 Å². The van der Waals surface area contributed by atoms with Crippen molar-refractivity contribution >= 4 is 51.7 Å². The highest BCUT2D eigenvalue weighted by Crippen LogP contribution is 2.27. The van der Waals surface area contributed by atoms with Crippen molar-refractivity contribution in [2.24, 2.45) is 4.99 Å². The smallest absolute Gasteiger partial charge is 0.240 e. The summed E-state index contributed by atoms with van der Waals surface area (Å²) in [4.78, 5) is 28.6. The van der Waals surface area contributed by atoms with Gasteiger partial charge in [0.2, 0.25) is 11.8 Å². The Morgan fingerprint density at radius 3 is 2.77 bits per heavy atom. The summed E-state index contributed by atoms with van der Waals surface area (Å²) in [5, 5.41) is 5.78. The number of carbonyl (C=O) groups is 2. The lowest BCUT2D eigenvalue weighted by Crippen LogP contribution is -2.28. The molecule has 0 aliphatic carbocycles. The minimum atomic E-state index is -0.575. The minimum absolute atomic E-state index is 0.00485. The van der Waals surface area contributed by atoms with Crippen LogP contribution in [0.5, 0.6) is 0 Å². The molecule has 0 spiro atoms. The van der Waals surface area contributed by atoms with Gasteiger partial charge in [-0.1, -0.05) is 29.4 Å². The predicted molar refractivity (Wildman–Crippen MR) is 102 cm³/mol. The predicted octanol–water partition coefficient (Wildman–Crippen LogP) is 4.04. The first kappa shape index (κ1) is 18.4. The molecule has 0 radical (unpaired) electrons. The number of anilines is 1. The quantitative estimate of drug-likeness (QED) is 0.826. The van der Waals surface area contributed by atoms with Crippen molar-refractivity contribution in [3.8, 4) is 0 Å². The van der Waals surface area contributed by atoms with E-state index in [0.717, 1.165) is 5.56 Å². The van der Waals surface area contributed by atoms with Gasteiger partial charge in [-0.3, -0.25) is 9.59 Å². The van der Waals surface area contributed by atoms with E-state index >= 15 is 0 Å². The number of amidine groups is 1. The Balaban J connectivity index is 1.63. The normalized spacial score (nSPS) is 18.0. The zero-order chi connectivity index (χ0) is 18.7. The van der Waals surface area contributed by atoms with Gasteiger partial charge < -0.3 is 10.6 Å². The highest BCUT2D eigenvalue weighted by molar-refractivity contribution is 8.15. The number of thioether (sulfide) groups is 1. The topological polar surface area (TPSA) is 70.6 Å². The van der Waals surface area contributed by atoms with Crippen molar-refractivity contribution in [2.45, 2.75) is 18.6 Å². The fourth-order valence-electron chi connectivity index (χ4n) is 2.34. The van der Waals surface area contributed by atoms with E-state index < -0.39 is 5.25 Å². The van der Waals surface area contributed by atoms with Gasteiger partial charge in [-0.15, -0.1) is 0 Å². The number of hydrogen-bond donors (Lipinski definition) is 2. The number of carbonyl (C=O) groups excluding carboxylic acids is 2. The number of benzene rings is 2. The summed E-state index contributed by atoms with van der Waals surface area (Å²) in [5.41, 5.74) is 1.91. The molecule has 0 bridgehead atoms. The van der Waals surface area contributed by atoms with Crippen molar-refractivity contribution in [2.75, 3.05) is 5.32 Å². The Labute approximate surface area is 159 Å². The number of nitrogens with zero attached hydrogens (tertiary/aromatic N) is 1. The summed E-state index contributed by atoms with van der Waals surface area (Å²) in [6.07, 6.45) is 0.00485. The second-order valence-electron chi connectivity index (χ2n) is 5.65. The van der Waals surface area contributed by atoms with E-state index in [-0.39, 0.29) is 24.1 Å². The van der Waals surface area contributed by atoms with Crippen LogP contribution in [0.4, 0.5) is 15.8 Å². The standard InChI is InChI=1S/C18H15ClFN3O2S/c1-10-13(19)3-2-4-14(10)22-16(24)9-15-17(25)23-18(26-15)21-12-7-5-11(20)6-8-12/h2-8,15H,9H2,1H3,(H,22,24)(H,21,23,25)/t15-/m0/s1. The molecule has 1 atom stereocenters. The van der Waals surface area contributed by atoms with Crippen LogP contribution < -0.4 is 10.6 Å². The van der Waals surface area contributed by atoms with Gasteiger partial charge in [-0.25, -0.2) is 9.38 Å². The molecular weight excluding hydrogens is 377 g/mol. The van der Waals surface area contributed by atoms with Crippen molar-refractivity contribution in [1.29, 1.82) is 0 Å². The molecule has 134 valence electrons. The summed E-state index contributed by atoms with van der Waals surface area (Å²) in [5.74, 6) is -0.928. The average Bonchev–Trinajstić information content (AvgIpc) is 2.93. The second-order valence-corrected chi connectivity index (χ2v) is 7.25. The first-order chi connectivity index (χ1) is 12.4. The minimum Gasteiger partial charge on any atom is -0.326 e. The molecule has 2 N–H and O–H groups in total. The zero-order valence-corrected chi connectivity index (χ0v) is 15.3. The Hall–Kier alpha value is -2.38. The van der Waals surface area contributed by atoms with Gasteiger partial charge in [0.05, 0.1) is 5.69 Å². The van der Waals surface area contributed by atoms with Crippen LogP contribution in [0.3, 0.4) is 0 Å². The maximum atomic E-state index is 12.9. The SMILES string of the molecule is Cc1c(Cl)cccc1NC(=O)C[C@@H]1SC(=Nc2ccc(F)cc2)NC1=O. The van der Waals surface area contributed by atoms with E-state index in [1.165, 1.54) is 36.0 Å². The summed E-state index contributed by atoms with van der Waals surface area (Å²) in [6, 6.07) is 10.8. The van der Waals surface area contributed by atoms with Crippen LogP contribution in [0.25, 0.3) is 0 Å². The Kier molecular flexibility index (Phi) is 5.58. The van der Waals surface area contributed by atoms with E-state index in [1.54, 1.807) is 18.2 Å². The third-order valence-electron chi connectivity index (χ3n) is 3.75. The van der Waals surface area contributed by atoms with Crippen LogP contribution in [0, 0.1) is 12.7 Å². The van der Waals surface area contributed by atoms with Gasteiger partial charge in [-0.2, -0.15) is 0 Å². The first-order valence-corrected chi connectivity index (χ1v) is 9.05. The summed E-state index contributed by atoms with van der Waals surface area (Å²) in [7, 11) is 0. The van der Waals surface area contributed by atoms with Crippen LogP contribution in [0.15, 0.2) is 47.5 Å². The van der Waals surface area contributed by atoms with Crippen molar-refractivity contribution in [3.63, 3.8) is 0 Å². The van der Waals surface area contributed by atoms with Gasteiger partial charge in [0.15, 0.2) is 5.17 Å².